The van der Waals surface area contributed by atoms with Crippen LogP contribution >= 0.6 is 0 Å². The summed E-state index contributed by atoms with van der Waals surface area (Å²) in [5.41, 5.74) is 0. The lowest BCUT2D eigenvalue weighted by Gasteiger charge is -2.25. The fourth-order valence-electron chi connectivity index (χ4n) is 0.926. The molecule has 0 aliphatic carbocycles. The van der Waals surface area contributed by atoms with Crippen molar-refractivity contribution >= 4 is 0 Å². The maximum Gasteiger partial charge on any atom is 0.106 e. The summed E-state index contributed by atoms with van der Waals surface area (Å²) in [6.45, 7) is 1.18. The average Bonchev–Trinajstić information content (AvgIpc) is 1.89. The summed E-state index contributed by atoms with van der Waals surface area (Å²) in [6, 6.07) is 0. The number of rotatable bonds is 1. The Morgan fingerprint density at radius 2 is 2.44 bits per heavy atom. The second-order valence-corrected chi connectivity index (χ2v) is 2.21. The molecule has 0 aromatic rings. The molecular weight excluding hydrogens is 120 g/mol. The Kier molecular flexibility index (Phi) is 2.45. The number of ether oxygens (including phenoxy) is 2. The molecule has 0 spiro atoms. The summed E-state index contributed by atoms with van der Waals surface area (Å²) in [5, 5.41) is 9.16. The molecule has 0 radical (unpaired) electrons. The van der Waals surface area contributed by atoms with E-state index in [4.69, 9.17) is 14.6 Å². The Bertz CT molecular complexity index is 84.4. The van der Waals surface area contributed by atoms with Gasteiger partial charge in [-0.15, -0.1) is 0 Å². The molecule has 3 nitrogen and oxygen atoms in total. The molecule has 1 saturated heterocycles. The average molecular weight is 132 g/mol. The smallest absolute Gasteiger partial charge is 0.106 e. The van der Waals surface area contributed by atoms with Gasteiger partial charge in [-0.25, -0.2) is 0 Å². The normalized spacial score (nSPS) is 36.7. The highest BCUT2D eigenvalue weighted by molar-refractivity contribution is 4.71. The van der Waals surface area contributed by atoms with Gasteiger partial charge >= 0.3 is 0 Å². The molecule has 1 N–H and O–H groups in total. The molecule has 54 valence electrons. The number of hydrogen-bond donors (Lipinski definition) is 1. The second kappa shape index (κ2) is 3.15. The third kappa shape index (κ3) is 1.64. The topological polar surface area (TPSA) is 38.7 Å². The number of aliphatic hydroxyl groups excluding tert-OH is 1. The Hall–Kier alpha value is -0.120. The molecule has 9 heavy (non-hydrogen) atoms. The van der Waals surface area contributed by atoms with Gasteiger partial charge in [0.25, 0.3) is 0 Å². The van der Waals surface area contributed by atoms with E-state index in [1.807, 2.05) is 0 Å². The number of aliphatic hydroxyl groups is 1. The van der Waals surface area contributed by atoms with E-state index >= 15 is 0 Å². The van der Waals surface area contributed by atoms with Gasteiger partial charge in [-0.3, -0.25) is 0 Å². The maximum absolute atomic E-state index is 9.16. The predicted octanol–water partition coefficient (Wildman–Crippen LogP) is -0.217. The van der Waals surface area contributed by atoms with Crippen molar-refractivity contribution in [3.05, 3.63) is 0 Å². The van der Waals surface area contributed by atoms with Crippen LogP contribution in [0.1, 0.15) is 6.42 Å². The molecule has 0 bridgehead atoms. The lowest BCUT2D eigenvalue weighted by atomic mass is 10.1. The minimum atomic E-state index is -0.330. The molecule has 0 aromatic carbocycles. The fraction of sp³-hybridized carbons (Fsp3) is 1.00. The van der Waals surface area contributed by atoms with Gasteiger partial charge in [0, 0.05) is 13.7 Å². The quantitative estimate of drug-likeness (QED) is 0.536. The van der Waals surface area contributed by atoms with E-state index in [0.717, 1.165) is 0 Å². The second-order valence-electron chi connectivity index (χ2n) is 2.21. The van der Waals surface area contributed by atoms with Crippen molar-refractivity contribution in [2.45, 2.75) is 18.6 Å². The van der Waals surface area contributed by atoms with Gasteiger partial charge in [0.2, 0.25) is 0 Å². The van der Waals surface area contributed by atoms with E-state index in [2.05, 4.69) is 0 Å². The van der Waals surface area contributed by atoms with Crippen LogP contribution in [0.15, 0.2) is 0 Å². The Balaban J connectivity index is 2.30. The zero-order valence-electron chi connectivity index (χ0n) is 5.54. The van der Waals surface area contributed by atoms with Gasteiger partial charge < -0.3 is 14.6 Å². The molecule has 1 fully saturated rings. The third-order valence-corrected chi connectivity index (χ3v) is 1.57. The molecule has 1 rings (SSSR count). The monoisotopic (exact) mass is 132 g/mol. The summed E-state index contributed by atoms with van der Waals surface area (Å²) in [6.07, 6.45) is 0.251. The molecule has 2 atom stereocenters. The van der Waals surface area contributed by atoms with Crippen molar-refractivity contribution in [2.75, 3.05) is 20.3 Å². The van der Waals surface area contributed by atoms with Crippen molar-refractivity contribution in [1.29, 1.82) is 0 Å². The van der Waals surface area contributed by atoms with Crippen LogP contribution in [0.25, 0.3) is 0 Å². The minimum Gasteiger partial charge on any atom is -0.390 e. The van der Waals surface area contributed by atoms with Gasteiger partial charge in [-0.2, -0.15) is 0 Å². The lowest BCUT2D eigenvalue weighted by Crippen LogP contribution is -2.37. The summed E-state index contributed by atoms with van der Waals surface area (Å²) in [4.78, 5) is 0. The van der Waals surface area contributed by atoms with Gasteiger partial charge in [0.15, 0.2) is 0 Å². The SMILES string of the molecule is CO[C@H]1COCC[C@@H]1O. The van der Waals surface area contributed by atoms with Crippen LogP contribution in [0.4, 0.5) is 0 Å². The lowest BCUT2D eigenvalue weighted by molar-refractivity contribution is -0.102. The molecule has 3 heteroatoms. The first-order valence-electron chi connectivity index (χ1n) is 3.13. The Labute approximate surface area is 54.6 Å². The molecule has 0 amide bonds. The van der Waals surface area contributed by atoms with Gasteiger partial charge in [0.05, 0.1) is 12.7 Å². The van der Waals surface area contributed by atoms with Crippen LogP contribution < -0.4 is 0 Å². The van der Waals surface area contributed by atoms with Crippen LogP contribution in [0.3, 0.4) is 0 Å². The largest absolute Gasteiger partial charge is 0.390 e. The number of methoxy groups -OCH3 is 1. The first-order chi connectivity index (χ1) is 4.34. The highest BCUT2D eigenvalue weighted by atomic mass is 16.5. The van der Waals surface area contributed by atoms with E-state index in [9.17, 15) is 0 Å². The molecule has 1 heterocycles. The van der Waals surface area contributed by atoms with Gasteiger partial charge in [-0.05, 0) is 6.42 Å². The summed E-state index contributed by atoms with van der Waals surface area (Å²) >= 11 is 0. The van der Waals surface area contributed by atoms with Crippen LogP contribution in [0.2, 0.25) is 0 Å². The Morgan fingerprint density at radius 1 is 1.67 bits per heavy atom. The molecule has 0 unspecified atom stereocenters. The zero-order chi connectivity index (χ0) is 6.69. The van der Waals surface area contributed by atoms with Crippen molar-refractivity contribution in [3.63, 3.8) is 0 Å². The van der Waals surface area contributed by atoms with Gasteiger partial charge in [-0.1, -0.05) is 0 Å². The third-order valence-electron chi connectivity index (χ3n) is 1.57. The van der Waals surface area contributed by atoms with E-state index < -0.39 is 0 Å². The number of hydrogen-bond acceptors (Lipinski definition) is 3. The standard InChI is InChI=1S/C6H12O3/c1-8-6-4-9-3-2-5(6)7/h5-7H,2-4H2,1H3/t5-,6-/m0/s1. The minimum absolute atomic E-state index is 0.112. The van der Waals surface area contributed by atoms with Crippen molar-refractivity contribution in [3.8, 4) is 0 Å². The first kappa shape index (κ1) is 6.99. The fourth-order valence-corrected chi connectivity index (χ4v) is 0.926. The van der Waals surface area contributed by atoms with E-state index in [0.29, 0.717) is 19.6 Å². The van der Waals surface area contributed by atoms with Crippen LogP contribution in [-0.2, 0) is 9.47 Å². The maximum atomic E-state index is 9.16. The van der Waals surface area contributed by atoms with Crippen LogP contribution in [-0.4, -0.2) is 37.6 Å². The zero-order valence-corrected chi connectivity index (χ0v) is 5.54. The van der Waals surface area contributed by atoms with Gasteiger partial charge in [0.1, 0.15) is 6.10 Å². The van der Waals surface area contributed by atoms with E-state index in [1.54, 1.807) is 7.11 Å². The van der Waals surface area contributed by atoms with Crippen LogP contribution in [0.5, 0.6) is 0 Å². The van der Waals surface area contributed by atoms with Crippen LogP contribution in [0, 0.1) is 0 Å². The summed E-state index contributed by atoms with van der Waals surface area (Å²) in [5.74, 6) is 0. The molecule has 1 aliphatic rings. The Morgan fingerprint density at radius 3 is 2.89 bits per heavy atom. The molecule has 0 saturated carbocycles. The molecule has 0 aromatic heterocycles. The predicted molar refractivity (Wildman–Crippen MR) is 32.2 cm³/mol. The van der Waals surface area contributed by atoms with E-state index in [1.165, 1.54) is 0 Å². The van der Waals surface area contributed by atoms with E-state index in [-0.39, 0.29) is 12.2 Å². The molecular formula is C6H12O3. The van der Waals surface area contributed by atoms with Crippen molar-refractivity contribution in [1.82, 2.24) is 0 Å². The van der Waals surface area contributed by atoms with Crippen molar-refractivity contribution < 1.29 is 14.6 Å². The first-order valence-corrected chi connectivity index (χ1v) is 3.13. The highest BCUT2D eigenvalue weighted by Crippen LogP contribution is 2.09. The van der Waals surface area contributed by atoms with Crippen molar-refractivity contribution in [2.24, 2.45) is 0 Å². The molecule has 1 aliphatic heterocycles. The summed E-state index contributed by atoms with van der Waals surface area (Å²) < 4.78 is 9.99. The summed E-state index contributed by atoms with van der Waals surface area (Å²) in [7, 11) is 1.59. The highest BCUT2D eigenvalue weighted by Gasteiger charge is 2.22.